The van der Waals surface area contributed by atoms with E-state index in [0.717, 1.165) is 63.0 Å². The highest BCUT2D eigenvalue weighted by molar-refractivity contribution is 6.30. The second kappa shape index (κ2) is 9.81. The number of halogens is 1. The first-order chi connectivity index (χ1) is 13.5. The highest BCUT2D eigenvalue weighted by atomic mass is 35.5. The Labute approximate surface area is 173 Å². The molecule has 2 fully saturated rings. The van der Waals surface area contributed by atoms with E-state index in [2.05, 4.69) is 39.6 Å². The molecule has 0 aliphatic carbocycles. The Morgan fingerprint density at radius 1 is 1.43 bits per heavy atom. The Bertz CT molecular complexity index is 676. The normalized spacial score (nSPS) is 25.4. The van der Waals surface area contributed by atoms with Crippen LogP contribution in [0.1, 0.15) is 24.8 Å². The lowest BCUT2D eigenvalue weighted by Gasteiger charge is -2.28. The number of aliphatic imine (C=N–C) groups is 1. The fraction of sp³-hybridized carbons (Fsp3) is 0.667. The summed E-state index contributed by atoms with van der Waals surface area (Å²) in [5, 5.41) is 17.1. The summed E-state index contributed by atoms with van der Waals surface area (Å²) in [6.07, 6.45) is 2.89. The molecule has 2 unspecified atom stereocenters. The number of aliphatic hydroxyl groups excluding tert-OH is 1. The fourth-order valence-electron chi connectivity index (χ4n) is 4.19. The van der Waals surface area contributed by atoms with Crippen molar-refractivity contribution in [2.75, 3.05) is 57.9 Å². The van der Waals surface area contributed by atoms with Gasteiger partial charge < -0.3 is 25.4 Å². The Morgan fingerprint density at radius 3 is 3.00 bits per heavy atom. The number of nitrogens with zero attached hydrogens (tertiary/aromatic N) is 2. The third-order valence-corrected chi connectivity index (χ3v) is 6.27. The second-order valence-electron chi connectivity index (χ2n) is 8.11. The Balaban J connectivity index is 1.47. The van der Waals surface area contributed by atoms with Crippen LogP contribution < -0.4 is 15.5 Å². The van der Waals surface area contributed by atoms with Crippen molar-refractivity contribution in [1.82, 2.24) is 10.6 Å². The van der Waals surface area contributed by atoms with Crippen LogP contribution in [0.15, 0.2) is 23.2 Å². The van der Waals surface area contributed by atoms with Gasteiger partial charge in [-0.05, 0) is 49.8 Å². The number of benzene rings is 1. The molecule has 0 saturated carbocycles. The molecular weight excluding hydrogens is 376 g/mol. The molecule has 0 bridgehead atoms. The molecule has 2 atom stereocenters. The van der Waals surface area contributed by atoms with Crippen LogP contribution >= 0.6 is 11.6 Å². The summed E-state index contributed by atoms with van der Waals surface area (Å²) < 4.78 is 5.57. The van der Waals surface area contributed by atoms with E-state index in [1.807, 2.05) is 6.07 Å². The van der Waals surface area contributed by atoms with Crippen molar-refractivity contribution in [2.45, 2.75) is 26.2 Å². The minimum Gasteiger partial charge on any atom is -0.396 e. The van der Waals surface area contributed by atoms with Crippen molar-refractivity contribution < 1.29 is 9.84 Å². The summed E-state index contributed by atoms with van der Waals surface area (Å²) in [5.41, 5.74) is 2.52. The van der Waals surface area contributed by atoms with Crippen LogP contribution in [0.2, 0.25) is 5.02 Å². The number of rotatable bonds is 7. The molecule has 0 amide bonds. The van der Waals surface area contributed by atoms with Gasteiger partial charge in [-0.3, -0.25) is 4.99 Å². The summed E-state index contributed by atoms with van der Waals surface area (Å²) in [5.74, 6) is 1.39. The van der Waals surface area contributed by atoms with Gasteiger partial charge in [-0.15, -0.1) is 0 Å². The molecule has 7 heteroatoms. The molecule has 2 aliphatic rings. The first-order valence-electron chi connectivity index (χ1n) is 10.2. The highest BCUT2D eigenvalue weighted by Gasteiger charge is 2.34. The Morgan fingerprint density at radius 2 is 2.29 bits per heavy atom. The van der Waals surface area contributed by atoms with Gasteiger partial charge in [0.05, 0.1) is 6.61 Å². The minimum atomic E-state index is 0.0145. The quantitative estimate of drug-likeness (QED) is 0.477. The zero-order valence-electron chi connectivity index (χ0n) is 17.0. The molecule has 1 aromatic rings. The van der Waals surface area contributed by atoms with Gasteiger partial charge in [0.25, 0.3) is 0 Å². The molecule has 6 nitrogen and oxygen atoms in total. The SMILES string of the molecule is CN=C(NCC1CCN(c2cc(Cl)ccc2C)C1)NCC1(CCO)CCOC1. The highest BCUT2D eigenvalue weighted by Crippen LogP contribution is 2.31. The topological polar surface area (TPSA) is 69.1 Å². The lowest BCUT2D eigenvalue weighted by atomic mass is 9.84. The van der Waals surface area contributed by atoms with Crippen LogP contribution in [0, 0.1) is 18.3 Å². The third kappa shape index (κ3) is 5.31. The number of anilines is 1. The van der Waals surface area contributed by atoms with E-state index in [9.17, 15) is 5.11 Å². The number of guanidine groups is 1. The predicted octanol–water partition coefficient (Wildman–Crippen LogP) is 2.43. The number of aryl methyl sites for hydroxylation is 1. The lowest BCUT2D eigenvalue weighted by Crippen LogP contribution is -2.45. The summed E-state index contributed by atoms with van der Waals surface area (Å²) in [6, 6.07) is 6.10. The van der Waals surface area contributed by atoms with Crippen molar-refractivity contribution in [3.63, 3.8) is 0 Å². The molecule has 2 saturated heterocycles. The average molecular weight is 409 g/mol. The first kappa shape index (κ1) is 21.2. The molecule has 0 aromatic heterocycles. The van der Waals surface area contributed by atoms with Crippen LogP contribution in [0.5, 0.6) is 0 Å². The van der Waals surface area contributed by atoms with Gasteiger partial charge in [-0.25, -0.2) is 0 Å². The second-order valence-corrected chi connectivity index (χ2v) is 8.55. The maximum atomic E-state index is 9.37. The van der Waals surface area contributed by atoms with Gasteiger partial charge in [0.2, 0.25) is 0 Å². The molecule has 0 radical (unpaired) electrons. The molecule has 2 heterocycles. The number of hydrogen-bond acceptors (Lipinski definition) is 4. The van der Waals surface area contributed by atoms with Crippen molar-refractivity contribution in [1.29, 1.82) is 0 Å². The molecule has 2 aliphatic heterocycles. The van der Waals surface area contributed by atoms with Crippen LogP contribution in [-0.2, 0) is 4.74 Å². The van der Waals surface area contributed by atoms with Crippen LogP contribution in [0.25, 0.3) is 0 Å². The fourth-order valence-corrected chi connectivity index (χ4v) is 4.35. The zero-order valence-corrected chi connectivity index (χ0v) is 17.8. The number of ether oxygens (including phenoxy) is 1. The minimum absolute atomic E-state index is 0.0145. The zero-order chi connectivity index (χ0) is 20.0. The van der Waals surface area contributed by atoms with E-state index in [0.29, 0.717) is 12.5 Å². The summed E-state index contributed by atoms with van der Waals surface area (Å²) in [6.45, 7) is 7.54. The Hall–Kier alpha value is -1.50. The van der Waals surface area contributed by atoms with Gasteiger partial charge in [0.1, 0.15) is 0 Å². The average Bonchev–Trinajstić information content (AvgIpc) is 3.34. The van der Waals surface area contributed by atoms with Gasteiger partial charge in [-0.2, -0.15) is 0 Å². The molecule has 156 valence electrons. The van der Waals surface area contributed by atoms with Crippen molar-refractivity contribution in [3.05, 3.63) is 28.8 Å². The maximum Gasteiger partial charge on any atom is 0.191 e. The van der Waals surface area contributed by atoms with Gasteiger partial charge in [0, 0.05) is 62.6 Å². The van der Waals surface area contributed by atoms with Crippen molar-refractivity contribution in [3.8, 4) is 0 Å². The molecular formula is C21H33ClN4O2. The molecule has 3 rings (SSSR count). The molecule has 1 aromatic carbocycles. The number of nitrogens with one attached hydrogen (secondary N) is 2. The van der Waals surface area contributed by atoms with Gasteiger partial charge in [-0.1, -0.05) is 17.7 Å². The maximum absolute atomic E-state index is 9.37. The first-order valence-corrected chi connectivity index (χ1v) is 10.6. The Kier molecular flexibility index (Phi) is 7.43. The smallest absolute Gasteiger partial charge is 0.191 e. The molecule has 3 N–H and O–H groups in total. The molecule has 28 heavy (non-hydrogen) atoms. The monoisotopic (exact) mass is 408 g/mol. The summed E-state index contributed by atoms with van der Waals surface area (Å²) in [4.78, 5) is 6.79. The number of hydrogen-bond donors (Lipinski definition) is 3. The lowest BCUT2D eigenvalue weighted by molar-refractivity contribution is 0.127. The van der Waals surface area contributed by atoms with Crippen LogP contribution in [-0.4, -0.2) is 64.1 Å². The van der Waals surface area contributed by atoms with E-state index >= 15 is 0 Å². The van der Waals surface area contributed by atoms with Gasteiger partial charge >= 0.3 is 0 Å². The van der Waals surface area contributed by atoms with E-state index in [-0.39, 0.29) is 12.0 Å². The summed E-state index contributed by atoms with van der Waals surface area (Å²) >= 11 is 6.19. The van der Waals surface area contributed by atoms with Gasteiger partial charge in [0.15, 0.2) is 5.96 Å². The van der Waals surface area contributed by atoms with E-state index < -0.39 is 0 Å². The van der Waals surface area contributed by atoms with Crippen LogP contribution in [0.3, 0.4) is 0 Å². The van der Waals surface area contributed by atoms with E-state index in [1.165, 1.54) is 11.3 Å². The summed E-state index contributed by atoms with van der Waals surface area (Å²) in [7, 11) is 1.80. The van der Waals surface area contributed by atoms with Crippen molar-refractivity contribution in [2.24, 2.45) is 16.3 Å². The number of aliphatic hydroxyl groups is 1. The standard InChI is InChI=1S/C21H33ClN4O2/c1-16-3-4-18(22)11-19(16)26-8-5-17(13-26)12-24-20(23-2)25-14-21(6-9-27)7-10-28-15-21/h3-4,11,17,27H,5-10,12-15H2,1-2H3,(H2,23,24,25). The van der Waals surface area contributed by atoms with E-state index in [4.69, 9.17) is 16.3 Å². The van der Waals surface area contributed by atoms with E-state index in [1.54, 1.807) is 7.05 Å². The van der Waals surface area contributed by atoms with Crippen LogP contribution in [0.4, 0.5) is 5.69 Å². The molecule has 0 spiro atoms. The predicted molar refractivity (Wildman–Crippen MR) is 115 cm³/mol. The largest absolute Gasteiger partial charge is 0.396 e. The third-order valence-electron chi connectivity index (χ3n) is 6.04. The van der Waals surface area contributed by atoms with Crippen molar-refractivity contribution >= 4 is 23.2 Å².